The first-order chi connectivity index (χ1) is 10.7. The number of nitrogens with zero attached hydrogens (tertiary/aromatic N) is 2. The second kappa shape index (κ2) is 8.10. The lowest BCUT2D eigenvalue weighted by atomic mass is 10.0. The highest BCUT2D eigenvalue weighted by Crippen LogP contribution is 2.41. The predicted octanol–water partition coefficient (Wildman–Crippen LogP) is 3.60. The normalized spacial score (nSPS) is 19.9. The molecule has 2 aromatic rings. The molecule has 1 saturated carbocycles. The van der Waals surface area contributed by atoms with Gasteiger partial charge in [0.1, 0.15) is 5.01 Å². The Balaban J connectivity index is 0.00000192. The topological polar surface area (TPSA) is 49.3 Å². The van der Waals surface area contributed by atoms with E-state index in [2.05, 4.69) is 58.7 Å². The van der Waals surface area contributed by atoms with Gasteiger partial charge in [-0.15, -0.1) is 35.3 Å². The fourth-order valence-electron chi connectivity index (χ4n) is 2.71. The Morgan fingerprint density at radius 1 is 1.35 bits per heavy atom. The smallest absolute Gasteiger partial charge is 0.191 e. The summed E-state index contributed by atoms with van der Waals surface area (Å²) < 4.78 is 0. The van der Waals surface area contributed by atoms with Crippen LogP contribution in [0.15, 0.2) is 35.5 Å². The van der Waals surface area contributed by atoms with Gasteiger partial charge < -0.3 is 10.6 Å². The molecule has 1 fully saturated rings. The fourth-order valence-corrected chi connectivity index (χ4v) is 3.44. The van der Waals surface area contributed by atoms with Gasteiger partial charge in [-0.25, -0.2) is 4.98 Å². The second-order valence-corrected chi connectivity index (χ2v) is 7.06. The van der Waals surface area contributed by atoms with Gasteiger partial charge in [0.05, 0.1) is 6.54 Å². The van der Waals surface area contributed by atoms with Crippen LogP contribution >= 0.6 is 35.3 Å². The van der Waals surface area contributed by atoms with E-state index in [-0.39, 0.29) is 24.0 Å². The molecule has 1 heterocycles. The fraction of sp³-hybridized carbons (Fsp3) is 0.412. The van der Waals surface area contributed by atoms with Gasteiger partial charge in [-0.2, -0.15) is 0 Å². The van der Waals surface area contributed by atoms with Crippen LogP contribution in [-0.2, 0) is 6.54 Å². The number of hydrogen-bond donors (Lipinski definition) is 2. The summed E-state index contributed by atoms with van der Waals surface area (Å²) in [6, 6.07) is 9.11. The van der Waals surface area contributed by atoms with E-state index >= 15 is 0 Å². The Hall–Kier alpha value is -1.15. The molecular formula is C17H23IN4S. The van der Waals surface area contributed by atoms with Crippen LogP contribution < -0.4 is 10.6 Å². The molecule has 6 heteroatoms. The van der Waals surface area contributed by atoms with Gasteiger partial charge >= 0.3 is 0 Å². The van der Waals surface area contributed by atoms with Crippen molar-refractivity contribution < 1.29 is 0 Å². The Bertz CT molecular complexity index is 683. The molecule has 2 N–H and O–H groups in total. The minimum atomic E-state index is 0. The third-order valence-corrected chi connectivity index (χ3v) is 4.91. The Morgan fingerprint density at radius 3 is 2.78 bits per heavy atom. The molecule has 0 bridgehead atoms. The number of halogens is 1. The molecule has 2 atom stereocenters. The number of aromatic nitrogens is 1. The predicted molar refractivity (Wildman–Crippen MR) is 108 cm³/mol. The van der Waals surface area contributed by atoms with E-state index in [0.717, 1.165) is 17.5 Å². The molecule has 0 radical (unpaired) electrons. The zero-order chi connectivity index (χ0) is 15.5. The summed E-state index contributed by atoms with van der Waals surface area (Å²) in [6.45, 7) is 4.98. The number of nitrogens with one attached hydrogen (secondary N) is 2. The van der Waals surface area contributed by atoms with E-state index in [0.29, 0.717) is 12.0 Å². The van der Waals surface area contributed by atoms with E-state index in [1.165, 1.54) is 22.4 Å². The lowest BCUT2D eigenvalue weighted by Gasteiger charge is -2.11. The highest BCUT2D eigenvalue weighted by molar-refractivity contribution is 14.0. The maximum atomic E-state index is 4.36. The first kappa shape index (κ1) is 18.2. The maximum absolute atomic E-state index is 4.36. The van der Waals surface area contributed by atoms with Crippen LogP contribution in [0.25, 0.3) is 0 Å². The minimum Gasteiger partial charge on any atom is -0.353 e. The number of thiazole rings is 1. The molecule has 0 saturated heterocycles. The van der Waals surface area contributed by atoms with Crippen LogP contribution in [0.5, 0.6) is 0 Å². The van der Waals surface area contributed by atoms with Crippen molar-refractivity contribution in [3.8, 4) is 0 Å². The first-order valence-electron chi connectivity index (χ1n) is 7.61. The van der Waals surface area contributed by atoms with Crippen molar-refractivity contribution in [2.24, 2.45) is 4.99 Å². The van der Waals surface area contributed by atoms with Crippen molar-refractivity contribution in [1.29, 1.82) is 0 Å². The molecule has 1 aromatic heterocycles. The first-order valence-corrected chi connectivity index (χ1v) is 8.43. The summed E-state index contributed by atoms with van der Waals surface area (Å²) in [4.78, 5) is 9.91. The quantitative estimate of drug-likeness (QED) is 0.432. The molecule has 0 aliphatic heterocycles. The SMILES string of the molecule is CN=C(NCc1ncc(C)s1)NC1CC1c1ccccc1C.I. The van der Waals surface area contributed by atoms with Gasteiger partial charge in [-0.05, 0) is 31.4 Å². The molecule has 124 valence electrons. The van der Waals surface area contributed by atoms with Crippen LogP contribution in [0.4, 0.5) is 0 Å². The average molecular weight is 442 g/mol. The van der Waals surface area contributed by atoms with Crippen LogP contribution in [-0.4, -0.2) is 24.0 Å². The number of aryl methyl sites for hydroxylation is 2. The summed E-state index contributed by atoms with van der Waals surface area (Å²) in [5.41, 5.74) is 2.82. The standard InChI is InChI=1S/C17H22N4S.HI/c1-11-6-4-5-7-13(11)14-8-15(14)21-17(18-3)20-10-16-19-9-12(2)22-16;/h4-7,9,14-15H,8,10H2,1-3H3,(H2,18,20,21);1H. The summed E-state index contributed by atoms with van der Waals surface area (Å²) in [7, 11) is 1.81. The van der Waals surface area contributed by atoms with E-state index in [1.54, 1.807) is 11.3 Å². The summed E-state index contributed by atoms with van der Waals surface area (Å²) >= 11 is 1.72. The molecule has 0 amide bonds. The van der Waals surface area contributed by atoms with Crippen molar-refractivity contribution in [2.45, 2.75) is 38.8 Å². The van der Waals surface area contributed by atoms with Crippen molar-refractivity contribution in [2.75, 3.05) is 7.05 Å². The highest BCUT2D eigenvalue weighted by Gasteiger charge is 2.39. The van der Waals surface area contributed by atoms with Gasteiger partial charge in [-0.3, -0.25) is 4.99 Å². The van der Waals surface area contributed by atoms with Crippen LogP contribution in [0.1, 0.15) is 33.4 Å². The Labute approximate surface area is 158 Å². The summed E-state index contributed by atoms with van der Waals surface area (Å²) in [5.74, 6) is 1.45. The monoisotopic (exact) mass is 442 g/mol. The number of rotatable bonds is 4. The van der Waals surface area contributed by atoms with Gasteiger partial charge in [0.25, 0.3) is 0 Å². The van der Waals surface area contributed by atoms with Crippen molar-refractivity contribution in [3.05, 3.63) is 51.5 Å². The van der Waals surface area contributed by atoms with E-state index < -0.39 is 0 Å². The van der Waals surface area contributed by atoms with Crippen molar-refractivity contribution >= 4 is 41.3 Å². The van der Waals surface area contributed by atoms with E-state index in [1.807, 2.05) is 13.2 Å². The second-order valence-electron chi connectivity index (χ2n) is 5.74. The third kappa shape index (κ3) is 4.67. The molecule has 23 heavy (non-hydrogen) atoms. The molecule has 1 aromatic carbocycles. The zero-order valence-electron chi connectivity index (χ0n) is 13.7. The maximum Gasteiger partial charge on any atom is 0.191 e. The molecule has 4 nitrogen and oxygen atoms in total. The van der Waals surface area contributed by atoms with E-state index in [4.69, 9.17) is 0 Å². The molecular weight excluding hydrogens is 419 g/mol. The van der Waals surface area contributed by atoms with Crippen LogP contribution in [0.2, 0.25) is 0 Å². The third-order valence-electron chi connectivity index (χ3n) is 4.00. The van der Waals surface area contributed by atoms with Crippen LogP contribution in [0.3, 0.4) is 0 Å². The molecule has 1 aliphatic carbocycles. The average Bonchev–Trinajstić information content (AvgIpc) is 3.15. The van der Waals surface area contributed by atoms with Gasteiger partial charge in [-0.1, -0.05) is 24.3 Å². The van der Waals surface area contributed by atoms with E-state index in [9.17, 15) is 0 Å². The summed E-state index contributed by atoms with van der Waals surface area (Å²) in [5, 5.41) is 7.94. The minimum absolute atomic E-state index is 0. The molecule has 1 aliphatic rings. The Morgan fingerprint density at radius 2 is 2.13 bits per heavy atom. The largest absolute Gasteiger partial charge is 0.353 e. The number of hydrogen-bond acceptors (Lipinski definition) is 3. The molecule has 2 unspecified atom stereocenters. The van der Waals surface area contributed by atoms with Gasteiger partial charge in [0.2, 0.25) is 0 Å². The van der Waals surface area contributed by atoms with Gasteiger partial charge in [0.15, 0.2) is 5.96 Å². The molecule has 3 rings (SSSR count). The number of aliphatic imine (C=N–C) groups is 1. The Kier molecular flexibility index (Phi) is 6.41. The van der Waals surface area contributed by atoms with Gasteiger partial charge in [0, 0.05) is 30.1 Å². The number of benzene rings is 1. The summed E-state index contributed by atoms with van der Waals surface area (Å²) in [6.07, 6.45) is 3.08. The zero-order valence-corrected chi connectivity index (χ0v) is 16.8. The van der Waals surface area contributed by atoms with Crippen molar-refractivity contribution in [1.82, 2.24) is 15.6 Å². The van der Waals surface area contributed by atoms with Crippen molar-refractivity contribution in [3.63, 3.8) is 0 Å². The lowest BCUT2D eigenvalue weighted by molar-refractivity contribution is 0.786. The lowest BCUT2D eigenvalue weighted by Crippen LogP contribution is -2.38. The van der Waals surface area contributed by atoms with Crippen LogP contribution in [0, 0.1) is 13.8 Å². The number of guanidine groups is 1. The molecule has 0 spiro atoms. The highest BCUT2D eigenvalue weighted by atomic mass is 127.